The Bertz CT molecular complexity index is 750. The van der Waals surface area contributed by atoms with Gasteiger partial charge in [0.2, 0.25) is 0 Å². The van der Waals surface area contributed by atoms with E-state index < -0.39 is 0 Å². The van der Waals surface area contributed by atoms with Crippen molar-refractivity contribution in [1.29, 1.82) is 0 Å². The van der Waals surface area contributed by atoms with Crippen LogP contribution in [0.4, 0.5) is 5.69 Å². The average Bonchev–Trinajstić information content (AvgIpc) is 3.40. The van der Waals surface area contributed by atoms with Gasteiger partial charge in [-0.1, -0.05) is 48.5 Å². The van der Waals surface area contributed by atoms with Gasteiger partial charge in [0.15, 0.2) is 5.96 Å². The summed E-state index contributed by atoms with van der Waals surface area (Å²) in [6.07, 6.45) is 2.45. The smallest absolute Gasteiger partial charge is 0.193 e. The van der Waals surface area contributed by atoms with E-state index in [0.717, 1.165) is 38.7 Å². The molecule has 0 bridgehead atoms. The molecule has 0 aliphatic carbocycles. The molecule has 2 saturated heterocycles. The summed E-state index contributed by atoms with van der Waals surface area (Å²) in [6.45, 7) is 5.42. The number of anilines is 1. The number of aliphatic imine (C=N–C) groups is 1. The normalized spacial score (nSPS) is 22.2. The molecule has 28 heavy (non-hydrogen) atoms. The Morgan fingerprint density at radius 3 is 2.39 bits per heavy atom. The lowest BCUT2D eigenvalue weighted by Gasteiger charge is -2.23. The predicted octanol–water partition coefficient (Wildman–Crippen LogP) is 4.20. The number of rotatable bonds is 4. The number of halogens is 1. The number of nitrogens with zero attached hydrogens (tertiary/aromatic N) is 3. The molecule has 4 nitrogen and oxygen atoms in total. The minimum Gasteiger partial charge on any atom is -0.371 e. The van der Waals surface area contributed by atoms with Crippen molar-refractivity contribution >= 4 is 35.6 Å². The first-order valence-electron chi connectivity index (χ1n) is 10.1. The van der Waals surface area contributed by atoms with Gasteiger partial charge in [0.05, 0.1) is 0 Å². The van der Waals surface area contributed by atoms with Crippen molar-refractivity contribution in [3.05, 3.63) is 66.2 Å². The Balaban J connectivity index is 0.00000225. The molecule has 0 radical (unpaired) electrons. The molecular formula is C23H31IN4. The molecule has 0 spiro atoms. The van der Waals surface area contributed by atoms with Gasteiger partial charge in [0, 0.05) is 51.4 Å². The van der Waals surface area contributed by atoms with Crippen LogP contribution in [0.5, 0.6) is 0 Å². The second kappa shape index (κ2) is 10.1. The van der Waals surface area contributed by atoms with E-state index >= 15 is 0 Å². The molecule has 2 aromatic carbocycles. The van der Waals surface area contributed by atoms with Gasteiger partial charge in [-0.3, -0.25) is 4.99 Å². The lowest BCUT2D eigenvalue weighted by molar-refractivity contribution is 0.470. The van der Waals surface area contributed by atoms with Crippen LogP contribution in [0, 0.1) is 5.92 Å². The number of guanidine groups is 1. The van der Waals surface area contributed by atoms with Crippen molar-refractivity contribution < 1.29 is 0 Å². The second-order valence-electron chi connectivity index (χ2n) is 7.71. The van der Waals surface area contributed by atoms with E-state index in [9.17, 15) is 0 Å². The summed E-state index contributed by atoms with van der Waals surface area (Å²) in [5, 5.41) is 3.65. The van der Waals surface area contributed by atoms with Gasteiger partial charge in [-0.25, -0.2) is 0 Å². The molecule has 0 amide bonds. The van der Waals surface area contributed by atoms with Crippen molar-refractivity contribution in [2.24, 2.45) is 10.9 Å². The van der Waals surface area contributed by atoms with Crippen LogP contribution in [-0.4, -0.2) is 50.6 Å². The summed E-state index contributed by atoms with van der Waals surface area (Å²) in [6, 6.07) is 21.6. The standard InChI is InChI=1S/C23H30N4.HI/c1-24-23(27-15-13-21(18-27)20-8-4-2-5-9-20)25-16-19-12-14-26(17-19)22-10-6-3-7-11-22;/h2-11,19,21H,12-18H2,1H3,(H,24,25);1H. The van der Waals surface area contributed by atoms with Gasteiger partial charge in [-0.05, 0) is 36.5 Å². The highest BCUT2D eigenvalue weighted by Crippen LogP contribution is 2.27. The molecule has 2 unspecified atom stereocenters. The SMILES string of the molecule is CN=C(NCC1CCN(c2ccccc2)C1)N1CCC(c2ccccc2)C1.I. The van der Waals surface area contributed by atoms with Gasteiger partial charge < -0.3 is 15.1 Å². The van der Waals surface area contributed by atoms with Gasteiger partial charge in [0.1, 0.15) is 0 Å². The highest BCUT2D eigenvalue weighted by atomic mass is 127. The van der Waals surface area contributed by atoms with Crippen LogP contribution in [0.3, 0.4) is 0 Å². The first-order valence-corrected chi connectivity index (χ1v) is 10.1. The molecule has 5 heteroatoms. The second-order valence-corrected chi connectivity index (χ2v) is 7.71. The van der Waals surface area contributed by atoms with Gasteiger partial charge in [-0.15, -0.1) is 24.0 Å². The first kappa shape index (κ1) is 21.0. The molecular weight excluding hydrogens is 459 g/mol. The zero-order valence-corrected chi connectivity index (χ0v) is 19.0. The maximum absolute atomic E-state index is 4.55. The molecule has 2 aliphatic heterocycles. The number of benzene rings is 2. The molecule has 4 rings (SSSR count). The molecule has 2 aliphatic rings. The van der Waals surface area contributed by atoms with Crippen LogP contribution in [-0.2, 0) is 0 Å². The van der Waals surface area contributed by atoms with E-state index in [0.29, 0.717) is 11.8 Å². The topological polar surface area (TPSA) is 30.9 Å². The molecule has 0 saturated carbocycles. The van der Waals surface area contributed by atoms with Crippen LogP contribution in [0.15, 0.2) is 65.7 Å². The first-order chi connectivity index (χ1) is 13.3. The fraction of sp³-hybridized carbons (Fsp3) is 0.435. The number of para-hydroxylation sites is 1. The fourth-order valence-electron chi connectivity index (χ4n) is 4.39. The quantitative estimate of drug-likeness (QED) is 0.396. The van der Waals surface area contributed by atoms with E-state index in [1.807, 2.05) is 7.05 Å². The van der Waals surface area contributed by atoms with Crippen LogP contribution >= 0.6 is 24.0 Å². The maximum Gasteiger partial charge on any atom is 0.193 e. The Kier molecular flexibility index (Phi) is 7.59. The molecule has 2 aromatic rings. The van der Waals surface area contributed by atoms with Crippen LogP contribution in [0.2, 0.25) is 0 Å². The molecule has 2 fully saturated rings. The van der Waals surface area contributed by atoms with E-state index in [4.69, 9.17) is 0 Å². The summed E-state index contributed by atoms with van der Waals surface area (Å²) in [5.74, 6) is 2.35. The zero-order valence-electron chi connectivity index (χ0n) is 16.6. The summed E-state index contributed by atoms with van der Waals surface area (Å²) in [5.41, 5.74) is 2.79. The van der Waals surface area contributed by atoms with E-state index in [-0.39, 0.29) is 24.0 Å². The minimum atomic E-state index is 0. The van der Waals surface area contributed by atoms with Crippen molar-refractivity contribution in [2.45, 2.75) is 18.8 Å². The van der Waals surface area contributed by atoms with Crippen LogP contribution in [0.25, 0.3) is 0 Å². The highest BCUT2D eigenvalue weighted by Gasteiger charge is 2.27. The molecule has 2 atom stereocenters. The summed E-state index contributed by atoms with van der Waals surface area (Å²) in [4.78, 5) is 9.47. The van der Waals surface area contributed by atoms with Crippen LogP contribution < -0.4 is 10.2 Å². The monoisotopic (exact) mass is 490 g/mol. The highest BCUT2D eigenvalue weighted by molar-refractivity contribution is 14.0. The Hall–Kier alpha value is -1.76. The maximum atomic E-state index is 4.55. The molecule has 150 valence electrons. The van der Waals surface area contributed by atoms with E-state index in [1.165, 1.54) is 24.1 Å². The lowest BCUT2D eigenvalue weighted by atomic mass is 9.99. The minimum absolute atomic E-state index is 0. The van der Waals surface area contributed by atoms with Crippen LogP contribution in [0.1, 0.15) is 24.3 Å². The van der Waals surface area contributed by atoms with E-state index in [1.54, 1.807) is 0 Å². The van der Waals surface area contributed by atoms with E-state index in [2.05, 4.69) is 80.8 Å². The van der Waals surface area contributed by atoms with Gasteiger partial charge in [0.25, 0.3) is 0 Å². The average molecular weight is 490 g/mol. The lowest BCUT2D eigenvalue weighted by Crippen LogP contribution is -2.42. The fourth-order valence-corrected chi connectivity index (χ4v) is 4.39. The van der Waals surface area contributed by atoms with Crippen molar-refractivity contribution in [2.75, 3.05) is 44.7 Å². The number of nitrogens with one attached hydrogen (secondary N) is 1. The van der Waals surface area contributed by atoms with Gasteiger partial charge in [-0.2, -0.15) is 0 Å². The third kappa shape index (κ3) is 4.99. The Labute approximate surface area is 186 Å². The molecule has 1 N–H and O–H groups in total. The largest absolute Gasteiger partial charge is 0.371 e. The summed E-state index contributed by atoms with van der Waals surface area (Å²) in [7, 11) is 1.91. The summed E-state index contributed by atoms with van der Waals surface area (Å²) < 4.78 is 0. The summed E-state index contributed by atoms with van der Waals surface area (Å²) >= 11 is 0. The van der Waals surface area contributed by atoms with Crippen molar-refractivity contribution in [1.82, 2.24) is 10.2 Å². The number of hydrogen-bond donors (Lipinski definition) is 1. The van der Waals surface area contributed by atoms with Gasteiger partial charge >= 0.3 is 0 Å². The van der Waals surface area contributed by atoms with Crippen molar-refractivity contribution in [3.8, 4) is 0 Å². The Morgan fingerprint density at radius 1 is 0.964 bits per heavy atom. The number of hydrogen-bond acceptors (Lipinski definition) is 2. The zero-order chi connectivity index (χ0) is 18.5. The molecule has 2 heterocycles. The third-order valence-corrected chi connectivity index (χ3v) is 5.93. The predicted molar refractivity (Wildman–Crippen MR) is 129 cm³/mol. The number of likely N-dealkylation sites (tertiary alicyclic amines) is 1. The third-order valence-electron chi connectivity index (χ3n) is 5.93. The van der Waals surface area contributed by atoms with Crippen molar-refractivity contribution in [3.63, 3.8) is 0 Å². The Morgan fingerprint density at radius 2 is 1.68 bits per heavy atom. The molecule has 0 aromatic heterocycles.